The molecule has 0 spiro atoms. The molecule has 0 aliphatic rings. The second kappa shape index (κ2) is 3.51. The van der Waals surface area contributed by atoms with Crippen LogP contribution in [0.1, 0.15) is 34.6 Å². The van der Waals surface area contributed by atoms with E-state index >= 15 is 0 Å². The van der Waals surface area contributed by atoms with Gasteiger partial charge in [-0.2, -0.15) is 0 Å². The zero-order chi connectivity index (χ0) is 8.36. The third kappa shape index (κ3) is 2.82. The smallest absolute Gasteiger partial charge is 0.0368 e. The Morgan fingerprint density at radius 3 is 1.90 bits per heavy atom. The normalized spacial score (nSPS) is 18.5. The van der Waals surface area contributed by atoms with E-state index in [4.69, 9.17) is 0 Å². The number of hydrogen-bond acceptors (Lipinski definition) is 1. The molecule has 0 fully saturated rings. The highest BCUT2D eigenvalue weighted by Gasteiger charge is 2.23. The molecule has 0 saturated heterocycles. The summed E-state index contributed by atoms with van der Waals surface area (Å²) in [7, 11) is -0.641. The summed E-state index contributed by atoms with van der Waals surface area (Å²) >= 11 is 0. The number of hydrogen-bond donors (Lipinski definition) is 0. The Morgan fingerprint density at radius 2 is 1.80 bits per heavy atom. The van der Waals surface area contributed by atoms with Crippen molar-refractivity contribution >= 4 is 10.8 Å². The fraction of sp³-hybridized carbons (Fsp3) is 1.00. The predicted molar refractivity (Wildman–Crippen MR) is 47.6 cm³/mol. The lowest BCUT2D eigenvalue weighted by Crippen LogP contribution is -2.28. The van der Waals surface area contributed by atoms with Crippen molar-refractivity contribution in [1.82, 2.24) is 0 Å². The molecule has 0 heterocycles. The van der Waals surface area contributed by atoms with Gasteiger partial charge in [0.25, 0.3) is 0 Å². The fourth-order valence-electron chi connectivity index (χ4n) is 0.644. The highest BCUT2D eigenvalue weighted by Crippen LogP contribution is 2.23. The zero-order valence-corrected chi connectivity index (χ0v) is 8.42. The highest BCUT2D eigenvalue weighted by atomic mass is 32.2. The molecule has 0 rings (SSSR count). The summed E-state index contributed by atoms with van der Waals surface area (Å²) < 4.78 is 11.3. The minimum atomic E-state index is -0.641. The summed E-state index contributed by atoms with van der Waals surface area (Å²) in [5, 5.41) is 0.303. The molecule has 0 saturated carbocycles. The van der Waals surface area contributed by atoms with Gasteiger partial charge in [0.1, 0.15) is 0 Å². The van der Waals surface area contributed by atoms with Crippen LogP contribution in [0.5, 0.6) is 0 Å². The Kier molecular flexibility index (Phi) is 3.57. The van der Waals surface area contributed by atoms with Crippen molar-refractivity contribution in [1.29, 1.82) is 0 Å². The molecule has 10 heavy (non-hydrogen) atoms. The minimum Gasteiger partial charge on any atom is -0.259 e. The molecule has 0 aliphatic heterocycles. The summed E-state index contributed by atoms with van der Waals surface area (Å²) in [5.41, 5.74) is 0.181. The van der Waals surface area contributed by atoms with Crippen LogP contribution < -0.4 is 0 Å². The topological polar surface area (TPSA) is 17.1 Å². The summed E-state index contributed by atoms with van der Waals surface area (Å²) in [6, 6.07) is 0. The lowest BCUT2D eigenvalue weighted by molar-refractivity contribution is 0.403. The average molecular weight is 162 g/mol. The SMILES string of the molecule is CCS(=O)C(C)C(C)(C)C. The van der Waals surface area contributed by atoms with Gasteiger partial charge >= 0.3 is 0 Å². The van der Waals surface area contributed by atoms with Crippen molar-refractivity contribution in [2.24, 2.45) is 5.41 Å². The van der Waals surface area contributed by atoms with E-state index in [9.17, 15) is 4.21 Å². The maximum Gasteiger partial charge on any atom is 0.0368 e. The van der Waals surface area contributed by atoms with E-state index < -0.39 is 10.8 Å². The lowest BCUT2D eigenvalue weighted by Gasteiger charge is -2.25. The molecule has 0 aromatic heterocycles. The molecular formula is C8H18OS. The highest BCUT2D eigenvalue weighted by molar-refractivity contribution is 7.85. The van der Waals surface area contributed by atoms with Crippen LogP contribution in [0.3, 0.4) is 0 Å². The quantitative estimate of drug-likeness (QED) is 0.608. The van der Waals surface area contributed by atoms with Crippen molar-refractivity contribution in [3.63, 3.8) is 0 Å². The molecule has 0 radical (unpaired) electrons. The molecule has 0 N–H and O–H groups in total. The Morgan fingerprint density at radius 1 is 1.40 bits per heavy atom. The van der Waals surface area contributed by atoms with E-state index in [1.807, 2.05) is 6.92 Å². The molecule has 62 valence electrons. The summed E-state index contributed by atoms with van der Waals surface area (Å²) in [5.74, 6) is 0.776. The van der Waals surface area contributed by atoms with E-state index in [0.717, 1.165) is 5.75 Å². The van der Waals surface area contributed by atoms with E-state index in [-0.39, 0.29) is 5.41 Å². The second-order valence-corrected chi connectivity index (χ2v) is 5.72. The van der Waals surface area contributed by atoms with Gasteiger partial charge in [0.15, 0.2) is 0 Å². The van der Waals surface area contributed by atoms with Crippen LogP contribution in [0, 0.1) is 5.41 Å². The van der Waals surface area contributed by atoms with Crippen LogP contribution in [0.15, 0.2) is 0 Å². The average Bonchev–Trinajstić information content (AvgIpc) is 1.83. The maximum absolute atomic E-state index is 11.3. The van der Waals surface area contributed by atoms with Crippen molar-refractivity contribution in [2.75, 3.05) is 5.75 Å². The fourth-order valence-corrected chi connectivity index (χ4v) is 1.93. The molecule has 0 aromatic rings. The molecule has 2 heteroatoms. The second-order valence-electron chi connectivity index (χ2n) is 3.68. The van der Waals surface area contributed by atoms with Crippen molar-refractivity contribution in [2.45, 2.75) is 39.9 Å². The summed E-state index contributed by atoms with van der Waals surface area (Å²) in [6.07, 6.45) is 0. The van der Waals surface area contributed by atoms with Crippen molar-refractivity contribution < 1.29 is 4.21 Å². The Hall–Kier alpha value is 0.150. The Balaban J connectivity index is 4.08. The number of rotatable bonds is 2. The molecule has 0 aromatic carbocycles. The molecule has 0 aliphatic carbocycles. The van der Waals surface area contributed by atoms with E-state index in [1.54, 1.807) is 0 Å². The predicted octanol–water partition coefficient (Wildman–Crippen LogP) is 2.19. The minimum absolute atomic E-state index is 0.181. The lowest BCUT2D eigenvalue weighted by atomic mass is 9.93. The van der Waals surface area contributed by atoms with Crippen LogP contribution in [0.4, 0.5) is 0 Å². The summed E-state index contributed by atoms with van der Waals surface area (Å²) in [4.78, 5) is 0. The van der Waals surface area contributed by atoms with Crippen LogP contribution in [0.2, 0.25) is 0 Å². The zero-order valence-electron chi connectivity index (χ0n) is 7.60. The first-order valence-electron chi connectivity index (χ1n) is 3.76. The van der Waals surface area contributed by atoms with Gasteiger partial charge in [0, 0.05) is 21.8 Å². The molecule has 2 unspecified atom stereocenters. The third-order valence-corrected chi connectivity index (χ3v) is 3.96. The molecule has 0 amide bonds. The first kappa shape index (κ1) is 10.2. The van der Waals surface area contributed by atoms with Gasteiger partial charge in [-0.15, -0.1) is 0 Å². The maximum atomic E-state index is 11.3. The van der Waals surface area contributed by atoms with Crippen LogP contribution in [-0.4, -0.2) is 15.2 Å². The van der Waals surface area contributed by atoms with Crippen molar-refractivity contribution in [3.05, 3.63) is 0 Å². The first-order chi connectivity index (χ1) is 4.39. The van der Waals surface area contributed by atoms with Crippen LogP contribution >= 0.6 is 0 Å². The molecule has 0 bridgehead atoms. The van der Waals surface area contributed by atoms with Crippen molar-refractivity contribution in [3.8, 4) is 0 Å². The van der Waals surface area contributed by atoms with E-state index in [0.29, 0.717) is 5.25 Å². The standard InChI is InChI=1S/C8H18OS/c1-6-10(9)7(2)8(3,4)5/h7H,6H2,1-5H3. The van der Waals surface area contributed by atoms with E-state index in [1.165, 1.54) is 0 Å². The van der Waals surface area contributed by atoms with Gasteiger partial charge in [-0.25, -0.2) is 0 Å². The van der Waals surface area contributed by atoms with E-state index in [2.05, 4.69) is 27.7 Å². The molecule has 2 atom stereocenters. The summed E-state index contributed by atoms with van der Waals surface area (Å²) in [6.45, 7) is 10.4. The van der Waals surface area contributed by atoms with Gasteiger partial charge in [-0.05, 0) is 5.41 Å². The molecule has 1 nitrogen and oxygen atoms in total. The van der Waals surface area contributed by atoms with Gasteiger partial charge in [-0.3, -0.25) is 4.21 Å². The van der Waals surface area contributed by atoms with Crippen LogP contribution in [0.25, 0.3) is 0 Å². The van der Waals surface area contributed by atoms with Gasteiger partial charge in [0.2, 0.25) is 0 Å². The molecular weight excluding hydrogens is 144 g/mol. The largest absolute Gasteiger partial charge is 0.259 e. The van der Waals surface area contributed by atoms with Crippen LogP contribution in [-0.2, 0) is 10.8 Å². The monoisotopic (exact) mass is 162 g/mol. The first-order valence-corrected chi connectivity index (χ1v) is 5.15. The Labute approximate surface area is 66.7 Å². The third-order valence-electron chi connectivity index (χ3n) is 1.90. The van der Waals surface area contributed by atoms with Gasteiger partial charge < -0.3 is 0 Å². The van der Waals surface area contributed by atoms with Gasteiger partial charge in [-0.1, -0.05) is 34.6 Å². The van der Waals surface area contributed by atoms with Gasteiger partial charge in [0.05, 0.1) is 0 Å². The Bertz CT molecular complexity index is 124.